The van der Waals surface area contributed by atoms with Gasteiger partial charge in [-0.2, -0.15) is 0 Å². The molecule has 0 amide bonds. The highest BCUT2D eigenvalue weighted by molar-refractivity contribution is 6.35. The molecule has 3 aromatic rings. The Balaban J connectivity index is 2.01. The molecule has 1 unspecified atom stereocenters. The summed E-state index contributed by atoms with van der Waals surface area (Å²) in [6.45, 7) is 8.88. The lowest BCUT2D eigenvalue weighted by molar-refractivity contribution is 0.0906. The molecule has 200 valence electrons. The first-order valence-corrected chi connectivity index (χ1v) is 13.2. The fraction of sp³-hybridized carbons (Fsp3) is 0.448. The summed E-state index contributed by atoms with van der Waals surface area (Å²) in [6.07, 6.45) is 2.10. The van der Waals surface area contributed by atoms with Crippen molar-refractivity contribution in [1.82, 2.24) is 9.55 Å². The number of hydrogen-bond donors (Lipinski definition) is 0. The molecule has 0 aliphatic rings. The third-order valence-corrected chi connectivity index (χ3v) is 7.36. The molecular formula is C29H36Cl2N2O4. The van der Waals surface area contributed by atoms with Crippen LogP contribution in [0.4, 0.5) is 0 Å². The fourth-order valence-corrected chi connectivity index (χ4v) is 5.03. The Labute approximate surface area is 229 Å². The molecule has 0 aliphatic carbocycles. The molecule has 1 heterocycles. The van der Waals surface area contributed by atoms with Gasteiger partial charge in [0, 0.05) is 34.2 Å². The molecule has 1 atom stereocenters. The van der Waals surface area contributed by atoms with Crippen LogP contribution in [0.2, 0.25) is 10.0 Å². The van der Waals surface area contributed by atoms with Crippen LogP contribution in [-0.4, -0.2) is 36.7 Å². The number of halogens is 2. The number of carbonyl (C=O) groups excluding carboxylic acids is 1. The Morgan fingerprint density at radius 1 is 0.973 bits per heavy atom. The first-order valence-electron chi connectivity index (χ1n) is 12.4. The van der Waals surface area contributed by atoms with Gasteiger partial charge in [-0.05, 0) is 56.5 Å². The summed E-state index contributed by atoms with van der Waals surface area (Å²) in [7, 11) is 4.70. The molecular weight excluding hydrogens is 511 g/mol. The van der Waals surface area contributed by atoms with Gasteiger partial charge >= 0.3 is 0 Å². The van der Waals surface area contributed by atoms with Crippen molar-refractivity contribution in [3.05, 3.63) is 68.7 Å². The van der Waals surface area contributed by atoms with Crippen LogP contribution in [0.15, 0.2) is 30.3 Å². The lowest BCUT2D eigenvalue weighted by Gasteiger charge is -2.20. The quantitative estimate of drug-likeness (QED) is 0.222. The Bertz CT molecular complexity index is 1250. The molecule has 0 spiro atoms. The van der Waals surface area contributed by atoms with Crippen molar-refractivity contribution in [1.29, 1.82) is 0 Å². The maximum Gasteiger partial charge on any atom is 0.180 e. The van der Waals surface area contributed by atoms with Crippen molar-refractivity contribution in [2.24, 2.45) is 11.8 Å². The third-order valence-electron chi connectivity index (χ3n) is 6.75. The summed E-state index contributed by atoms with van der Waals surface area (Å²) in [5, 5.41) is 0.903. The molecule has 8 heteroatoms. The zero-order valence-corrected chi connectivity index (χ0v) is 24.2. The number of rotatable bonds is 12. The van der Waals surface area contributed by atoms with E-state index in [1.54, 1.807) is 26.4 Å². The minimum atomic E-state index is -0.306. The number of aromatic nitrogens is 2. The number of ketones is 1. The number of Topliss-reactive ketones (excluding diaryl/α,β-unsaturated/α-hetero) is 1. The number of carbonyl (C=O) groups is 1. The highest BCUT2D eigenvalue weighted by atomic mass is 35.5. The van der Waals surface area contributed by atoms with E-state index >= 15 is 0 Å². The summed E-state index contributed by atoms with van der Waals surface area (Å²) in [6, 6.07) is 9.02. The summed E-state index contributed by atoms with van der Waals surface area (Å²) < 4.78 is 18.5. The van der Waals surface area contributed by atoms with Crippen LogP contribution in [0.1, 0.15) is 59.8 Å². The Kier molecular flexibility index (Phi) is 9.91. The van der Waals surface area contributed by atoms with Gasteiger partial charge in [-0.25, -0.2) is 4.98 Å². The lowest BCUT2D eigenvalue weighted by atomic mass is 9.87. The Morgan fingerprint density at radius 3 is 2.27 bits per heavy atom. The van der Waals surface area contributed by atoms with E-state index in [0.29, 0.717) is 47.4 Å². The second-order valence-corrected chi connectivity index (χ2v) is 10.5. The Hall–Kier alpha value is -2.70. The van der Waals surface area contributed by atoms with Gasteiger partial charge in [0.25, 0.3) is 0 Å². The largest absolute Gasteiger partial charge is 0.496 e. The summed E-state index contributed by atoms with van der Waals surface area (Å²) >= 11 is 12.9. The first kappa shape index (κ1) is 28.9. The van der Waals surface area contributed by atoms with Crippen LogP contribution in [-0.2, 0) is 13.0 Å². The monoisotopic (exact) mass is 546 g/mol. The number of imidazole rings is 1. The van der Waals surface area contributed by atoms with Crippen LogP contribution in [0.3, 0.4) is 0 Å². The van der Waals surface area contributed by atoms with Crippen molar-refractivity contribution in [3.63, 3.8) is 0 Å². The predicted octanol–water partition coefficient (Wildman–Crippen LogP) is 7.36. The van der Waals surface area contributed by atoms with E-state index in [0.717, 1.165) is 34.9 Å². The molecule has 0 radical (unpaired) electrons. The number of benzene rings is 2. The van der Waals surface area contributed by atoms with E-state index in [4.69, 9.17) is 42.4 Å². The van der Waals surface area contributed by atoms with E-state index in [2.05, 4.69) is 18.4 Å². The van der Waals surface area contributed by atoms with Crippen molar-refractivity contribution in [2.45, 2.75) is 53.5 Å². The van der Waals surface area contributed by atoms with Crippen molar-refractivity contribution in [3.8, 4) is 17.2 Å². The lowest BCUT2D eigenvalue weighted by Crippen LogP contribution is -2.21. The van der Waals surface area contributed by atoms with Gasteiger partial charge in [0.15, 0.2) is 17.3 Å². The maximum atomic E-state index is 13.9. The molecule has 0 saturated heterocycles. The van der Waals surface area contributed by atoms with E-state index in [1.807, 2.05) is 32.0 Å². The van der Waals surface area contributed by atoms with E-state index in [9.17, 15) is 4.79 Å². The Morgan fingerprint density at radius 2 is 1.65 bits per heavy atom. The summed E-state index contributed by atoms with van der Waals surface area (Å²) in [5.74, 6) is 2.56. The topological polar surface area (TPSA) is 62.6 Å². The second-order valence-electron chi connectivity index (χ2n) is 9.64. The van der Waals surface area contributed by atoms with Gasteiger partial charge in [0.2, 0.25) is 0 Å². The third kappa shape index (κ3) is 6.60. The zero-order valence-electron chi connectivity index (χ0n) is 22.7. The average molecular weight is 548 g/mol. The highest BCUT2D eigenvalue weighted by Gasteiger charge is 2.28. The molecule has 0 saturated carbocycles. The molecule has 0 aliphatic heterocycles. The van der Waals surface area contributed by atoms with Crippen LogP contribution in [0.25, 0.3) is 0 Å². The first-order chi connectivity index (χ1) is 17.6. The van der Waals surface area contributed by atoms with Crippen LogP contribution >= 0.6 is 23.2 Å². The molecule has 3 rings (SSSR count). The number of methoxy groups -OCH3 is 3. The van der Waals surface area contributed by atoms with Crippen LogP contribution < -0.4 is 14.2 Å². The molecule has 37 heavy (non-hydrogen) atoms. The highest BCUT2D eigenvalue weighted by Crippen LogP contribution is 2.39. The fourth-order valence-electron chi connectivity index (χ4n) is 4.51. The van der Waals surface area contributed by atoms with Gasteiger partial charge in [-0.15, -0.1) is 0 Å². The normalized spacial score (nSPS) is 12.1. The molecule has 2 aromatic carbocycles. The number of ether oxygens (including phenoxy) is 3. The number of hydrogen-bond acceptors (Lipinski definition) is 5. The molecule has 0 fully saturated rings. The number of nitrogens with zero attached hydrogens (tertiary/aromatic N) is 2. The van der Waals surface area contributed by atoms with Gasteiger partial charge in [0.1, 0.15) is 11.6 Å². The smallest absolute Gasteiger partial charge is 0.180 e. The van der Waals surface area contributed by atoms with E-state index in [-0.39, 0.29) is 16.7 Å². The predicted molar refractivity (Wildman–Crippen MR) is 149 cm³/mol. The van der Waals surface area contributed by atoms with E-state index < -0.39 is 0 Å². The minimum absolute atomic E-state index is 0.0307. The van der Waals surface area contributed by atoms with Gasteiger partial charge in [-0.1, -0.05) is 43.5 Å². The van der Waals surface area contributed by atoms with Crippen LogP contribution in [0, 0.1) is 25.7 Å². The van der Waals surface area contributed by atoms with Gasteiger partial charge < -0.3 is 18.8 Å². The average Bonchev–Trinajstić information content (AvgIpc) is 3.13. The van der Waals surface area contributed by atoms with Crippen molar-refractivity contribution >= 4 is 29.0 Å². The summed E-state index contributed by atoms with van der Waals surface area (Å²) in [4.78, 5) is 18.8. The SMILES string of the molecule is COc1ccc(Cl)cc1Cn1c(CC(CCC(C)C)C(=O)c2ccc(OC)c(OC)c2Cl)nc(C)c1C. The van der Waals surface area contributed by atoms with Gasteiger partial charge in [-0.3, -0.25) is 4.79 Å². The summed E-state index contributed by atoms with van der Waals surface area (Å²) in [5.41, 5.74) is 3.34. The standard InChI is InChI=1S/C29H36Cl2N2O4/c1-17(2)8-9-20(28(34)23-11-13-25(36-6)29(37-7)27(23)31)15-26-32-18(3)19(4)33(26)16-21-14-22(30)10-12-24(21)35-5/h10-14,17,20H,8-9,15-16H2,1-7H3. The van der Waals surface area contributed by atoms with E-state index in [1.165, 1.54) is 7.11 Å². The second kappa shape index (κ2) is 12.7. The van der Waals surface area contributed by atoms with Crippen LogP contribution in [0.5, 0.6) is 17.2 Å². The van der Waals surface area contributed by atoms with Crippen molar-refractivity contribution in [2.75, 3.05) is 21.3 Å². The maximum absolute atomic E-state index is 13.9. The van der Waals surface area contributed by atoms with Gasteiger partial charge in [0.05, 0.1) is 38.6 Å². The zero-order chi connectivity index (χ0) is 27.3. The minimum Gasteiger partial charge on any atom is -0.496 e. The molecule has 0 N–H and O–H groups in total. The number of aryl methyl sites for hydroxylation is 1. The molecule has 0 bridgehead atoms. The van der Waals surface area contributed by atoms with Crippen molar-refractivity contribution < 1.29 is 19.0 Å². The molecule has 1 aromatic heterocycles. The molecule has 6 nitrogen and oxygen atoms in total.